The van der Waals surface area contributed by atoms with Crippen molar-refractivity contribution in [2.24, 2.45) is 5.41 Å². The molecule has 8 heteroatoms. The van der Waals surface area contributed by atoms with Crippen molar-refractivity contribution in [2.75, 3.05) is 44.2 Å². The fraction of sp³-hybridized carbons (Fsp3) is 0.481. The summed E-state index contributed by atoms with van der Waals surface area (Å²) in [4.78, 5) is 31.8. The molecule has 2 heterocycles. The Kier molecular flexibility index (Phi) is 7.38. The normalized spacial score (nSPS) is 21.3. The molecular formula is C27H34ClFN4O2. The molecule has 4 rings (SSSR count). The molecule has 0 spiro atoms. The monoisotopic (exact) mass is 500 g/mol. The van der Waals surface area contributed by atoms with Crippen molar-refractivity contribution in [1.29, 1.82) is 0 Å². The first-order valence-corrected chi connectivity index (χ1v) is 12.6. The number of hydrogen-bond donors (Lipinski definition) is 1. The number of nitrogens with one attached hydrogen (secondary N) is 1. The zero-order valence-electron chi connectivity index (χ0n) is 20.9. The Morgan fingerprint density at radius 1 is 1.00 bits per heavy atom. The van der Waals surface area contributed by atoms with Gasteiger partial charge in [-0.2, -0.15) is 0 Å². The van der Waals surface area contributed by atoms with Crippen LogP contribution in [0.3, 0.4) is 0 Å². The molecule has 0 radical (unpaired) electrons. The lowest BCUT2D eigenvalue weighted by atomic mass is 9.92. The van der Waals surface area contributed by atoms with Crippen molar-refractivity contribution in [3.8, 4) is 0 Å². The van der Waals surface area contributed by atoms with E-state index < -0.39 is 11.2 Å². The molecule has 0 saturated carbocycles. The van der Waals surface area contributed by atoms with E-state index in [1.807, 2.05) is 59.7 Å². The molecule has 2 amide bonds. The van der Waals surface area contributed by atoms with Gasteiger partial charge in [0.05, 0.1) is 11.7 Å². The van der Waals surface area contributed by atoms with Crippen LogP contribution in [0.1, 0.15) is 49.7 Å². The van der Waals surface area contributed by atoms with Crippen molar-refractivity contribution in [2.45, 2.75) is 39.8 Å². The number of piperazine rings is 2. The quantitative estimate of drug-likeness (QED) is 0.680. The summed E-state index contributed by atoms with van der Waals surface area (Å²) in [5, 5.41) is 3.69. The first kappa shape index (κ1) is 25.5. The van der Waals surface area contributed by atoms with E-state index in [0.717, 1.165) is 12.1 Å². The van der Waals surface area contributed by atoms with Gasteiger partial charge in [0.15, 0.2) is 0 Å². The van der Waals surface area contributed by atoms with Gasteiger partial charge in [-0.3, -0.25) is 9.59 Å². The summed E-state index contributed by atoms with van der Waals surface area (Å²) >= 11 is 5.99. The predicted molar refractivity (Wildman–Crippen MR) is 137 cm³/mol. The Morgan fingerprint density at radius 3 is 2.34 bits per heavy atom. The molecule has 2 atom stereocenters. The van der Waals surface area contributed by atoms with Crippen LogP contribution in [0, 0.1) is 11.2 Å². The summed E-state index contributed by atoms with van der Waals surface area (Å²) in [5.41, 5.74) is 1.51. The number of carbonyl (C=O) groups excluding carboxylic acids is 2. The second-order valence-electron chi connectivity index (χ2n) is 10.5. The highest BCUT2D eigenvalue weighted by Gasteiger charge is 2.36. The van der Waals surface area contributed by atoms with Crippen LogP contribution in [0.4, 0.5) is 10.1 Å². The van der Waals surface area contributed by atoms with Crippen LogP contribution in [0.5, 0.6) is 0 Å². The van der Waals surface area contributed by atoms with Crippen LogP contribution < -0.4 is 10.2 Å². The second-order valence-corrected chi connectivity index (χ2v) is 11.0. The lowest BCUT2D eigenvalue weighted by Gasteiger charge is -2.44. The van der Waals surface area contributed by atoms with E-state index in [1.165, 1.54) is 6.07 Å². The fourth-order valence-corrected chi connectivity index (χ4v) is 5.04. The first-order chi connectivity index (χ1) is 16.5. The fourth-order valence-electron chi connectivity index (χ4n) is 4.88. The summed E-state index contributed by atoms with van der Waals surface area (Å²) in [6, 6.07) is 12.2. The molecular weight excluding hydrogens is 467 g/mol. The zero-order valence-corrected chi connectivity index (χ0v) is 21.6. The maximum Gasteiger partial charge on any atom is 0.253 e. The third-order valence-corrected chi connectivity index (χ3v) is 6.96. The van der Waals surface area contributed by atoms with Crippen molar-refractivity contribution in [3.05, 3.63) is 64.4 Å². The Morgan fingerprint density at radius 2 is 1.71 bits per heavy atom. The number of hydrogen-bond acceptors (Lipinski definition) is 4. The van der Waals surface area contributed by atoms with Gasteiger partial charge in [-0.15, -0.1) is 0 Å². The second kappa shape index (κ2) is 10.2. The van der Waals surface area contributed by atoms with E-state index in [-0.39, 0.29) is 23.9 Å². The summed E-state index contributed by atoms with van der Waals surface area (Å²) in [5.74, 6) is -0.310. The Hall–Kier alpha value is -2.64. The van der Waals surface area contributed by atoms with Crippen LogP contribution >= 0.6 is 11.6 Å². The Bertz CT molecular complexity index is 1090. The molecule has 1 N–H and O–H groups in total. The van der Waals surface area contributed by atoms with Gasteiger partial charge in [-0.05, 0) is 42.8 Å². The van der Waals surface area contributed by atoms with Gasteiger partial charge in [0.25, 0.3) is 5.91 Å². The van der Waals surface area contributed by atoms with Gasteiger partial charge in [0, 0.05) is 61.3 Å². The van der Waals surface area contributed by atoms with Crippen LogP contribution in [-0.4, -0.2) is 66.9 Å². The molecule has 2 aromatic rings. The molecule has 2 aliphatic rings. The third-order valence-electron chi connectivity index (χ3n) is 6.73. The number of anilines is 1. The summed E-state index contributed by atoms with van der Waals surface area (Å²) in [6.07, 6.45) is 0. The molecule has 35 heavy (non-hydrogen) atoms. The highest BCUT2D eigenvalue weighted by molar-refractivity contribution is 6.30. The number of carbonyl (C=O) groups is 2. The highest BCUT2D eigenvalue weighted by Crippen LogP contribution is 2.35. The lowest BCUT2D eigenvalue weighted by Crippen LogP contribution is -2.53. The van der Waals surface area contributed by atoms with Gasteiger partial charge >= 0.3 is 0 Å². The topological polar surface area (TPSA) is 55.9 Å². The Labute approximate surface area is 212 Å². The summed E-state index contributed by atoms with van der Waals surface area (Å²) in [7, 11) is 0. The highest BCUT2D eigenvalue weighted by atomic mass is 35.5. The maximum atomic E-state index is 14.9. The minimum atomic E-state index is -0.505. The predicted octanol–water partition coefficient (Wildman–Crippen LogP) is 4.35. The minimum Gasteiger partial charge on any atom is -0.359 e. The first-order valence-electron chi connectivity index (χ1n) is 12.2. The molecule has 6 nitrogen and oxygen atoms in total. The van der Waals surface area contributed by atoms with Crippen molar-refractivity contribution in [3.63, 3.8) is 0 Å². The number of benzene rings is 2. The molecule has 2 aliphatic heterocycles. The standard InChI is InChI=1S/C27H34ClFN4O2/c1-18-16-31(12-11-30-18)25(34)20-7-5-19(6-8-20)24-17-32(26(35)27(2,3)4)13-14-33(24)23-10-9-21(28)15-22(23)29/h5-10,15,18,24,30H,11-14,16-17H2,1-4H3/t18-,24-/m0/s1. The van der Waals surface area contributed by atoms with Gasteiger partial charge in [0.2, 0.25) is 5.91 Å². The van der Waals surface area contributed by atoms with Crippen LogP contribution in [0.2, 0.25) is 5.02 Å². The lowest BCUT2D eigenvalue weighted by molar-refractivity contribution is -0.140. The van der Waals surface area contributed by atoms with Gasteiger partial charge < -0.3 is 20.0 Å². The average molecular weight is 501 g/mol. The molecule has 0 bridgehead atoms. The maximum absolute atomic E-state index is 14.9. The third kappa shape index (κ3) is 5.62. The summed E-state index contributed by atoms with van der Waals surface area (Å²) < 4.78 is 14.9. The SMILES string of the molecule is C[C@H]1CN(C(=O)c2ccc([C@@H]3CN(C(=O)C(C)(C)C)CCN3c3ccc(Cl)cc3F)cc2)CCN1. The Balaban J connectivity index is 1.62. The molecule has 0 aliphatic carbocycles. The van der Waals surface area contributed by atoms with E-state index in [1.54, 1.807) is 12.1 Å². The van der Waals surface area contributed by atoms with Gasteiger partial charge in [-0.1, -0.05) is 44.5 Å². The smallest absolute Gasteiger partial charge is 0.253 e. The van der Waals surface area contributed by atoms with E-state index in [4.69, 9.17) is 11.6 Å². The largest absolute Gasteiger partial charge is 0.359 e. The van der Waals surface area contributed by atoms with Crippen molar-refractivity contribution >= 4 is 29.1 Å². The van der Waals surface area contributed by atoms with Crippen molar-refractivity contribution < 1.29 is 14.0 Å². The van der Waals surface area contributed by atoms with E-state index >= 15 is 0 Å². The van der Waals surface area contributed by atoms with Crippen LogP contribution in [0.25, 0.3) is 0 Å². The number of rotatable bonds is 3. The molecule has 0 aromatic heterocycles. The van der Waals surface area contributed by atoms with Gasteiger partial charge in [-0.25, -0.2) is 4.39 Å². The molecule has 0 unspecified atom stereocenters. The minimum absolute atomic E-state index is 0.0127. The summed E-state index contributed by atoms with van der Waals surface area (Å²) in [6.45, 7) is 11.4. The van der Waals surface area contributed by atoms with E-state index in [9.17, 15) is 14.0 Å². The number of amides is 2. The van der Waals surface area contributed by atoms with E-state index in [2.05, 4.69) is 12.2 Å². The molecule has 188 valence electrons. The molecule has 2 aromatic carbocycles. The number of halogens is 2. The van der Waals surface area contributed by atoms with Crippen molar-refractivity contribution in [1.82, 2.24) is 15.1 Å². The van der Waals surface area contributed by atoms with Gasteiger partial charge in [0.1, 0.15) is 5.82 Å². The van der Waals surface area contributed by atoms with Crippen LogP contribution in [0.15, 0.2) is 42.5 Å². The molecule has 2 saturated heterocycles. The van der Waals surface area contributed by atoms with Crippen LogP contribution in [-0.2, 0) is 4.79 Å². The molecule has 2 fully saturated rings. The number of nitrogens with zero attached hydrogens (tertiary/aromatic N) is 3. The average Bonchev–Trinajstić information content (AvgIpc) is 2.82. The zero-order chi connectivity index (χ0) is 25.3. The van der Waals surface area contributed by atoms with E-state index in [0.29, 0.717) is 49.0 Å².